The van der Waals surface area contributed by atoms with Crippen LogP contribution in [0.2, 0.25) is 0 Å². The molecule has 1 saturated carbocycles. The van der Waals surface area contributed by atoms with Crippen molar-refractivity contribution in [3.8, 4) is 0 Å². The van der Waals surface area contributed by atoms with Gasteiger partial charge < -0.3 is 5.32 Å². The van der Waals surface area contributed by atoms with Gasteiger partial charge in [-0.25, -0.2) is 12.7 Å². The Morgan fingerprint density at radius 2 is 1.65 bits per heavy atom. The van der Waals surface area contributed by atoms with E-state index in [1.807, 2.05) is 7.05 Å². The van der Waals surface area contributed by atoms with Crippen molar-refractivity contribution in [2.75, 3.05) is 32.4 Å². The van der Waals surface area contributed by atoms with Crippen LogP contribution in [0.25, 0.3) is 0 Å². The van der Waals surface area contributed by atoms with Crippen molar-refractivity contribution in [3.05, 3.63) is 0 Å². The average Bonchev–Trinajstić information content (AvgIpc) is 2.46. The zero-order valence-corrected chi connectivity index (χ0v) is 13.6. The van der Waals surface area contributed by atoms with Gasteiger partial charge in [0.15, 0.2) is 0 Å². The molecule has 0 radical (unpaired) electrons. The van der Waals surface area contributed by atoms with Crippen molar-refractivity contribution in [1.82, 2.24) is 9.62 Å². The maximum absolute atomic E-state index is 12.5. The van der Waals surface area contributed by atoms with Crippen LogP contribution in [0, 0.1) is 11.8 Å². The molecule has 1 heterocycles. The molecular formula is C15H30N2O2S. The van der Waals surface area contributed by atoms with Crippen LogP contribution < -0.4 is 5.32 Å². The maximum Gasteiger partial charge on any atom is 0.214 e. The number of sulfonamides is 1. The highest BCUT2D eigenvalue weighted by Crippen LogP contribution is 2.28. The minimum absolute atomic E-state index is 0.397. The third kappa shape index (κ3) is 4.71. The molecule has 20 heavy (non-hydrogen) atoms. The Morgan fingerprint density at radius 3 is 2.25 bits per heavy atom. The number of piperidine rings is 1. The molecule has 2 aliphatic rings. The van der Waals surface area contributed by atoms with E-state index in [4.69, 9.17) is 0 Å². The summed E-state index contributed by atoms with van der Waals surface area (Å²) in [6, 6.07) is 0. The molecule has 5 heteroatoms. The Bertz CT molecular complexity index is 369. The monoisotopic (exact) mass is 302 g/mol. The molecule has 0 amide bonds. The van der Waals surface area contributed by atoms with E-state index in [2.05, 4.69) is 5.32 Å². The summed E-state index contributed by atoms with van der Waals surface area (Å²) >= 11 is 0. The third-order valence-corrected chi connectivity index (χ3v) is 6.99. The van der Waals surface area contributed by atoms with Gasteiger partial charge in [-0.15, -0.1) is 0 Å². The van der Waals surface area contributed by atoms with E-state index in [9.17, 15) is 8.42 Å². The minimum Gasteiger partial charge on any atom is -0.320 e. The summed E-state index contributed by atoms with van der Waals surface area (Å²) < 4.78 is 26.7. The normalized spacial score (nSPS) is 24.1. The topological polar surface area (TPSA) is 49.4 Å². The first-order chi connectivity index (χ1) is 9.62. The highest BCUT2D eigenvalue weighted by atomic mass is 32.2. The van der Waals surface area contributed by atoms with Crippen molar-refractivity contribution in [2.45, 2.75) is 51.4 Å². The van der Waals surface area contributed by atoms with Gasteiger partial charge in [0, 0.05) is 13.1 Å². The molecule has 4 nitrogen and oxygen atoms in total. The third-order valence-electron chi connectivity index (χ3n) is 4.94. The summed E-state index contributed by atoms with van der Waals surface area (Å²) in [7, 11) is -1.03. The molecule has 2 rings (SSSR count). The second kappa shape index (κ2) is 7.76. The number of hydrogen-bond donors (Lipinski definition) is 1. The first-order valence-corrected chi connectivity index (χ1v) is 9.85. The lowest BCUT2D eigenvalue weighted by Gasteiger charge is -2.32. The second-order valence-electron chi connectivity index (χ2n) is 6.52. The van der Waals surface area contributed by atoms with E-state index in [1.165, 1.54) is 25.7 Å². The van der Waals surface area contributed by atoms with Crippen molar-refractivity contribution in [3.63, 3.8) is 0 Å². The smallest absolute Gasteiger partial charge is 0.214 e. The van der Waals surface area contributed by atoms with E-state index < -0.39 is 10.0 Å². The number of nitrogens with zero attached hydrogens (tertiary/aromatic N) is 1. The molecule has 0 spiro atoms. The van der Waals surface area contributed by atoms with Crippen LogP contribution in [0.4, 0.5) is 0 Å². The molecule has 0 bridgehead atoms. The standard InChI is InChI=1S/C15H30N2O2S/c1-16-10-7-14-8-11-17(12-9-14)20(18,19)13-15-5-3-2-4-6-15/h14-16H,2-13H2,1H3. The number of hydrogen-bond acceptors (Lipinski definition) is 3. The number of nitrogens with one attached hydrogen (secondary N) is 1. The molecule has 1 aliphatic carbocycles. The molecule has 1 N–H and O–H groups in total. The summed E-state index contributed by atoms with van der Waals surface area (Å²) in [6.07, 6.45) is 9.17. The lowest BCUT2D eigenvalue weighted by atomic mass is 9.91. The van der Waals surface area contributed by atoms with Gasteiger partial charge in [0.2, 0.25) is 10.0 Å². The van der Waals surface area contributed by atoms with E-state index in [0.717, 1.165) is 45.3 Å². The minimum atomic E-state index is -3.01. The Labute approximate surface area is 124 Å². The van der Waals surface area contributed by atoms with Gasteiger partial charge in [-0.2, -0.15) is 0 Å². The molecule has 1 aliphatic heterocycles. The van der Waals surface area contributed by atoms with Crippen LogP contribution >= 0.6 is 0 Å². The SMILES string of the molecule is CNCCC1CCN(S(=O)(=O)CC2CCCCC2)CC1. The molecule has 0 aromatic heterocycles. The molecule has 0 atom stereocenters. The quantitative estimate of drug-likeness (QED) is 0.818. The molecule has 118 valence electrons. The van der Waals surface area contributed by atoms with Crippen molar-refractivity contribution >= 4 is 10.0 Å². The lowest BCUT2D eigenvalue weighted by molar-refractivity contribution is 0.260. The Hall–Kier alpha value is -0.130. The molecule has 1 saturated heterocycles. The second-order valence-corrected chi connectivity index (χ2v) is 8.53. The van der Waals surface area contributed by atoms with Gasteiger partial charge in [0.25, 0.3) is 0 Å². The summed E-state index contributed by atoms with van der Waals surface area (Å²) in [5.41, 5.74) is 0. The van der Waals surface area contributed by atoms with Crippen LogP contribution in [-0.4, -0.2) is 45.2 Å². The van der Waals surface area contributed by atoms with Gasteiger partial charge in [0.1, 0.15) is 0 Å². The van der Waals surface area contributed by atoms with Crippen LogP contribution in [0.3, 0.4) is 0 Å². The summed E-state index contributed by atoms with van der Waals surface area (Å²) in [5.74, 6) is 1.51. The first kappa shape index (κ1) is 16.2. The van der Waals surface area contributed by atoms with Crippen LogP contribution in [-0.2, 0) is 10.0 Å². The first-order valence-electron chi connectivity index (χ1n) is 8.24. The van der Waals surface area contributed by atoms with Crippen molar-refractivity contribution < 1.29 is 8.42 Å². The molecule has 0 aromatic carbocycles. The highest BCUT2D eigenvalue weighted by molar-refractivity contribution is 7.89. The Balaban J connectivity index is 1.79. The lowest BCUT2D eigenvalue weighted by Crippen LogP contribution is -2.41. The summed E-state index contributed by atoms with van der Waals surface area (Å²) in [4.78, 5) is 0. The summed E-state index contributed by atoms with van der Waals surface area (Å²) in [6.45, 7) is 2.52. The zero-order chi connectivity index (χ0) is 14.4. The van der Waals surface area contributed by atoms with E-state index in [-0.39, 0.29) is 0 Å². The predicted molar refractivity (Wildman–Crippen MR) is 83.2 cm³/mol. The molecule has 0 aromatic rings. The average molecular weight is 302 g/mol. The van der Waals surface area contributed by atoms with Gasteiger partial charge in [0.05, 0.1) is 5.75 Å². The Kier molecular flexibility index (Phi) is 6.30. The Morgan fingerprint density at radius 1 is 1.00 bits per heavy atom. The maximum atomic E-state index is 12.5. The fraction of sp³-hybridized carbons (Fsp3) is 1.00. The highest BCUT2D eigenvalue weighted by Gasteiger charge is 2.30. The van der Waals surface area contributed by atoms with E-state index >= 15 is 0 Å². The molecule has 2 fully saturated rings. The number of rotatable bonds is 6. The van der Waals surface area contributed by atoms with Gasteiger partial charge in [-0.1, -0.05) is 19.3 Å². The van der Waals surface area contributed by atoms with Crippen molar-refractivity contribution in [2.24, 2.45) is 11.8 Å². The fourth-order valence-electron chi connectivity index (χ4n) is 3.58. The fourth-order valence-corrected chi connectivity index (χ4v) is 5.49. The predicted octanol–water partition coefficient (Wildman–Crippen LogP) is 2.22. The largest absolute Gasteiger partial charge is 0.320 e. The van der Waals surface area contributed by atoms with Crippen LogP contribution in [0.15, 0.2) is 0 Å². The summed E-state index contributed by atoms with van der Waals surface area (Å²) in [5, 5.41) is 3.18. The molecule has 0 unspecified atom stereocenters. The van der Waals surface area contributed by atoms with Gasteiger partial charge in [-0.05, 0) is 57.5 Å². The van der Waals surface area contributed by atoms with Gasteiger partial charge in [-0.3, -0.25) is 0 Å². The van der Waals surface area contributed by atoms with Crippen LogP contribution in [0.1, 0.15) is 51.4 Å². The van der Waals surface area contributed by atoms with Gasteiger partial charge >= 0.3 is 0 Å². The van der Waals surface area contributed by atoms with E-state index in [0.29, 0.717) is 17.6 Å². The van der Waals surface area contributed by atoms with Crippen molar-refractivity contribution in [1.29, 1.82) is 0 Å². The van der Waals surface area contributed by atoms with Crippen LogP contribution in [0.5, 0.6) is 0 Å². The zero-order valence-electron chi connectivity index (χ0n) is 12.8. The van der Waals surface area contributed by atoms with E-state index in [1.54, 1.807) is 4.31 Å². The molecular weight excluding hydrogens is 272 g/mol.